The molecule has 0 aliphatic heterocycles. The highest BCUT2D eigenvalue weighted by Crippen LogP contribution is 2.16. The Kier molecular flexibility index (Phi) is 8.45. The van der Waals surface area contributed by atoms with Gasteiger partial charge in [-0.1, -0.05) is 31.1 Å². The third-order valence-electron chi connectivity index (χ3n) is 4.17. The number of nitrogens with zero attached hydrogens (tertiary/aromatic N) is 2. The molecule has 0 spiro atoms. The smallest absolute Gasteiger partial charge is 0.254 e. The first-order chi connectivity index (χ1) is 13.6. The lowest BCUT2D eigenvalue weighted by Crippen LogP contribution is -2.41. The van der Waals surface area contributed by atoms with Crippen LogP contribution in [0.5, 0.6) is 0 Å². The maximum atomic E-state index is 13.6. The summed E-state index contributed by atoms with van der Waals surface area (Å²) < 4.78 is 19.0. The third-order valence-corrected chi connectivity index (χ3v) is 4.17. The monoisotopic (exact) mass is 389 g/mol. The van der Waals surface area contributed by atoms with Gasteiger partial charge < -0.3 is 20.5 Å². The number of hydrogen-bond donors (Lipinski definition) is 3. The molecule has 1 aromatic heterocycles. The minimum Gasteiger partial charge on any atom is -0.361 e. The van der Waals surface area contributed by atoms with Gasteiger partial charge in [0.05, 0.1) is 17.8 Å². The van der Waals surface area contributed by atoms with Crippen molar-refractivity contribution in [2.45, 2.75) is 40.2 Å². The fourth-order valence-corrected chi connectivity index (χ4v) is 2.71. The zero-order valence-electron chi connectivity index (χ0n) is 16.6. The summed E-state index contributed by atoms with van der Waals surface area (Å²) in [6, 6.07) is 5.91. The van der Waals surface area contributed by atoms with Crippen molar-refractivity contribution in [2.75, 3.05) is 19.6 Å². The van der Waals surface area contributed by atoms with Crippen LogP contribution in [-0.2, 0) is 19.4 Å². The second kappa shape index (κ2) is 11.1. The van der Waals surface area contributed by atoms with Crippen molar-refractivity contribution in [3.63, 3.8) is 0 Å². The minimum atomic E-state index is -0.532. The van der Waals surface area contributed by atoms with Gasteiger partial charge >= 0.3 is 0 Å². The number of aliphatic imine (C=N–C) groups is 1. The molecule has 0 radical (unpaired) electrons. The maximum Gasteiger partial charge on any atom is 0.254 e. The Morgan fingerprint density at radius 3 is 2.54 bits per heavy atom. The molecular formula is C20H28FN5O2. The number of nitrogens with one attached hydrogen (secondary N) is 3. The molecule has 1 heterocycles. The molecule has 0 atom stereocenters. The summed E-state index contributed by atoms with van der Waals surface area (Å²) in [5.41, 5.74) is 1.98. The Morgan fingerprint density at radius 2 is 1.86 bits per heavy atom. The normalized spacial score (nSPS) is 11.4. The van der Waals surface area contributed by atoms with E-state index in [4.69, 9.17) is 4.52 Å². The zero-order valence-corrected chi connectivity index (χ0v) is 16.6. The molecule has 7 nitrogen and oxygen atoms in total. The average molecular weight is 389 g/mol. The van der Waals surface area contributed by atoms with Crippen LogP contribution in [0.2, 0.25) is 0 Å². The summed E-state index contributed by atoms with van der Waals surface area (Å²) in [5, 5.41) is 13.1. The van der Waals surface area contributed by atoms with Crippen molar-refractivity contribution in [2.24, 2.45) is 4.99 Å². The summed E-state index contributed by atoms with van der Waals surface area (Å²) >= 11 is 0. The van der Waals surface area contributed by atoms with E-state index in [0.717, 1.165) is 29.9 Å². The van der Waals surface area contributed by atoms with Crippen LogP contribution in [0.1, 0.15) is 48.1 Å². The molecule has 152 valence electrons. The summed E-state index contributed by atoms with van der Waals surface area (Å²) in [6.45, 7) is 8.00. The van der Waals surface area contributed by atoms with Crippen LogP contribution in [0.15, 0.2) is 33.8 Å². The van der Waals surface area contributed by atoms with E-state index in [-0.39, 0.29) is 5.56 Å². The summed E-state index contributed by atoms with van der Waals surface area (Å²) in [4.78, 5) is 16.6. The van der Waals surface area contributed by atoms with Gasteiger partial charge in [0, 0.05) is 31.6 Å². The van der Waals surface area contributed by atoms with Gasteiger partial charge in [0.2, 0.25) is 0 Å². The summed E-state index contributed by atoms with van der Waals surface area (Å²) in [6.07, 6.45) is 1.56. The van der Waals surface area contributed by atoms with E-state index in [2.05, 4.69) is 26.1 Å². The van der Waals surface area contributed by atoms with E-state index in [0.29, 0.717) is 32.1 Å². The van der Waals surface area contributed by atoms with Gasteiger partial charge in [0.25, 0.3) is 5.91 Å². The fraction of sp³-hybridized carbons (Fsp3) is 0.450. The van der Waals surface area contributed by atoms with Crippen molar-refractivity contribution >= 4 is 11.9 Å². The van der Waals surface area contributed by atoms with E-state index >= 15 is 0 Å². The van der Waals surface area contributed by atoms with Crippen LogP contribution in [0.3, 0.4) is 0 Å². The largest absolute Gasteiger partial charge is 0.361 e. The predicted octanol–water partition coefficient (Wildman–Crippen LogP) is 2.42. The molecule has 0 fully saturated rings. The van der Waals surface area contributed by atoms with Gasteiger partial charge in [0.1, 0.15) is 11.6 Å². The lowest BCUT2D eigenvalue weighted by Gasteiger charge is -2.12. The maximum absolute atomic E-state index is 13.6. The van der Waals surface area contributed by atoms with Crippen molar-refractivity contribution in [3.8, 4) is 0 Å². The van der Waals surface area contributed by atoms with Crippen LogP contribution >= 0.6 is 0 Å². The number of benzene rings is 1. The van der Waals surface area contributed by atoms with E-state index in [1.165, 1.54) is 12.1 Å². The number of rotatable bonds is 9. The Labute approximate surface area is 164 Å². The highest BCUT2D eigenvalue weighted by Gasteiger charge is 2.13. The highest BCUT2D eigenvalue weighted by molar-refractivity contribution is 5.94. The number of halogens is 1. The molecule has 2 rings (SSSR count). The predicted molar refractivity (Wildman–Crippen MR) is 107 cm³/mol. The van der Waals surface area contributed by atoms with Crippen LogP contribution in [-0.4, -0.2) is 36.7 Å². The number of hydrogen-bond acceptors (Lipinski definition) is 4. The Morgan fingerprint density at radius 1 is 1.11 bits per heavy atom. The molecule has 8 heteroatoms. The molecule has 0 unspecified atom stereocenters. The van der Waals surface area contributed by atoms with Gasteiger partial charge in [-0.05, 0) is 25.5 Å². The average Bonchev–Trinajstić information content (AvgIpc) is 3.11. The number of guanidine groups is 1. The molecule has 1 aromatic carbocycles. The topological polar surface area (TPSA) is 91.6 Å². The lowest BCUT2D eigenvalue weighted by molar-refractivity contribution is 0.0950. The van der Waals surface area contributed by atoms with Crippen LogP contribution < -0.4 is 16.0 Å². The Bertz CT molecular complexity index is 782. The fourth-order valence-electron chi connectivity index (χ4n) is 2.71. The summed E-state index contributed by atoms with van der Waals surface area (Å²) in [5.74, 6) is 0.517. The van der Waals surface area contributed by atoms with Crippen LogP contribution in [0.25, 0.3) is 0 Å². The molecule has 28 heavy (non-hydrogen) atoms. The SMILES string of the molecule is CCNC(=NCc1c(CC)noc1CC)NCCNC(=O)c1ccccc1F. The third kappa shape index (κ3) is 5.80. The molecular weight excluding hydrogens is 361 g/mol. The Hall–Kier alpha value is -2.90. The molecule has 0 bridgehead atoms. The van der Waals surface area contributed by atoms with Crippen molar-refractivity contribution in [3.05, 3.63) is 52.7 Å². The first-order valence-electron chi connectivity index (χ1n) is 9.61. The first kappa shape index (κ1) is 21.4. The van der Waals surface area contributed by atoms with Gasteiger partial charge in [-0.2, -0.15) is 0 Å². The van der Waals surface area contributed by atoms with E-state index in [1.54, 1.807) is 12.1 Å². The van der Waals surface area contributed by atoms with Crippen molar-refractivity contribution in [1.29, 1.82) is 0 Å². The van der Waals surface area contributed by atoms with Crippen LogP contribution in [0.4, 0.5) is 4.39 Å². The van der Waals surface area contributed by atoms with Crippen LogP contribution in [0, 0.1) is 5.82 Å². The van der Waals surface area contributed by atoms with Crippen molar-refractivity contribution < 1.29 is 13.7 Å². The first-order valence-corrected chi connectivity index (χ1v) is 9.61. The number of carbonyl (C=O) groups is 1. The standard InChI is InChI=1S/C20H28FN5O2/c1-4-17-15(18(5-2)28-26-17)13-25-20(22-6-3)24-12-11-23-19(27)14-9-7-8-10-16(14)21/h7-10H,4-6,11-13H2,1-3H3,(H,23,27)(H2,22,24,25). The lowest BCUT2D eigenvalue weighted by atomic mass is 10.1. The number of aromatic nitrogens is 1. The van der Waals surface area contributed by atoms with Gasteiger partial charge in [0.15, 0.2) is 5.96 Å². The van der Waals surface area contributed by atoms with Gasteiger partial charge in [-0.3, -0.25) is 4.79 Å². The number of amides is 1. The molecule has 0 saturated carbocycles. The zero-order chi connectivity index (χ0) is 20.4. The number of carbonyl (C=O) groups excluding carboxylic acids is 1. The molecule has 0 saturated heterocycles. The Balaban J connectivity index is 1.89. The van der Waals surface area contributed by atoms with E-state index in [9.17, 15) is 9.18 Å². The van der Waals surface area contributed by atoms with Gasteiger partial charge in [-0.15, -0.1) is 0 Å². The summed E-state index contributed by atoms with van der Waals surface area (Å²) in [7, 11) is 0. The molecule has 1 amide bonds. The number of aryl methyl sites for hydroxylation is 2. The minimum absolute atomic E-state index is 0.0368. The second-order valence-corrected chi connectivity index (χ2v) is 6.10. The van der Waals surface area contributed by atoms with E-state index < -0.39 is 11.7 Å². The molecule has 0 aliphatic carbocycles. The second-order valence-electron chi connectivity index (χ2n) is 6.10. The molecule has 0 aliphatic rings. The van der Waals surface area contributed by atoms with E-state index in [1.807, 2.05) is 20.8 Å². The molecule has 2 aromatic rings. The van der Waals surface area contributed by atoms with Crippen molar-refractivity contribution in [1.82, 2.24) is 21.1 Å². The quantitative estimate of drug-likeness (QED) is 0.348. The highest BCUT2D eigenvalue weighted by atomic mass is 19.1. The molecule has 3 N–H and O–H groups in total. The van der Waals surface area contributed by atoms with Gasteiger partial charge in [-0.25, -0.2) is 9.38 Å².